The molecule has 0 saturated carbocycles. The van der Waals surface area contributed by atoms with Crippen LogP contribution >= 0.6 is 0 Å². The second kappa shape index (κ2) is 8.37. The highest BCUT2D eigenvalue weighted by Crippen LogP contribution is 2.25. The van der Waals surface area contributed by atoms with Gasteiger partial charge in [0, 0.05) is 11.9 Å². The number of carbonyl (C=O) groups is 1. The maximum Gasteiger partial charge on any atom is 0.332 e. The van der Waals surface area contributed by atoms with Gasteiger partial charge in [0.2, 0.25) is 0 Å². The monoisotopic (exact) mass is 354 g/mol. The Morgan fingerprint density at radius 3 is 2.88 bits per heavy atom. The van der Waals surface area contributed by atoms with Gasteiger partial charge in [-0.15, -0.1) is 0 Å². The smallest absolute Gasteiger partial charge is 0.332 e. The molecule has 134 valence electrons. The van der Waals surface area contributed by atoms with Gasteiger partial charge in [-0.25, -0.2) is 18.0 Å². The molecule has 0 fully saturated rings. The Bertz CT molecular complexity index is 691. The molecule has 0 saturated heterocycles. The number of rotatable bonds is 9. The summed E-state index contributed by atoms with van der Waals surface area (Å²) in [5.41, 5.74) is 0.872. The van der Waals surface area contributed by atoms with Gasteiger partial charge in [-0.3, -0.25) is 4.68 Å². The molecule has 24 heavy (non-hydrogen) atoms. The van der Waals surface area contributed by atoms with Gasteiger partial charge in [0.15, 0.2) is 0 Å². The van der Waals surface area contributed by atoms with Crippen LogP contribution in [-0.4, -0.2) is 29.4 Å². The van der Waals surface area contributed by atoms with Crippen LogP contribution in [0.5, 0.6) is 0 Å². The molecule has 2 N–H and O–H groups in total. The Labute approximate surface area is 143 Å². The number of aromatic nitrogens is 1. The maximum absolute atomic E-state index is 12.7. The summed E-state index contributed by atoms with van der Waals surface area (Å²) >= 11 is 0. The first-order valence-corrected chi connectivity index (χ1v) is 10.1. The van der Waals surface area contributed by atoms with Crippen LogP contribution < -0.4 is 4.83 Å². The average molecular weight is 354 g/mol. The zero-order chi connectivity index (χ0) is 17.6. The van der Waals surface area contributed by atoms with Crippen molar-refractivity contribution in [3.05, 3.63) is 35.7 Å². The number of sulfonamides is 1. The van der Waals surface area contributed by atoms with Crippen LogP contribution in [0.4, 0.5) is 0 Å². The van der Waals surface area contributed by atoms with Crippen LogP contribution in [0, 0.1) is 0 Å². The van der Waals surface area contributed by atoms with Gasteiger partial charge in [0.25, 0.3) is 10.0 Å². The van der Waals surface area contributed by atoms with Gasteiger partial charge in [-0.1, -0.05) is 32.3 Å². The predicted molar refractivity (Wildman–Crippen MR) is 93.9 cm³/mol. The molecular weight excluding hydrogens is 328 g/mol. The molecule has 2 rings (SSSR count). The molecule has 0 radical (unpaired) electrons. The SMILES string of the molecule is CCCCCCc1cccn1NS(=O)(=O)C1CCCC=C1C(=O)O. The summed E-state index contributed by atoms with van der Waals surface area (Å²) in [6, 6.07) is 3.69. The van der Waals surface area contributed by atoms with Crippen molar-refractivity contribution in [1.82, 2.24) is 4.68 Å². The summed E-state index contributed by atoms with van der Waals surface area (Å²) in [6.07, 6.45) is 10.0. The molecule has 7 heteroatoms. The number of allylic oxidation sites excluding steroid dienone is 1. The molecule has 1 heterocycles. The number of aliphatic carboxylic acids is 1. The highest BCUT2D eigenvalue weighted by Gasteiger charge is 2.34. The number of hydrogen-bond acceptors (Lipinski definition) is 3. The van der Waals surface area contributed by atoms with Gasteiger partial charge < -0.3 is 5.11 Å². The lowest BCUT2D eigenvalue weighted by molar-refractivity contribution is -0.132. The Morgan fingerprint density at radius 2 is 2.17 bits per heavy atom. The van der Waals surface area contributed by atoms with E-state index in [0.29, 0.717) is 19.3 Å². The van der Waals surface area contributed by atoms with Crippen LogP contribution in [0.2, 0.25) is 0 Å². The third kappa shape index (κ3) is 4.63. The minimum Gasteiger partial charge on any atom is -0.478 e. The molecule has 1 unspecified atom stereocenters. The molecule has 1 aromatic rings. The first kappa shape index (κ1) is 18.6. The Balaban J connectivity index is 2.09. The number of carboxylic acid groups (broad SMARTS) is 1. The number of aryl methyl sites for hydroxylation is 1. The van der Waals surface area contributed by atoms with E-state index in [0.717, 1.165) is 31.4 Å². The highest BCUT2D eigenvalue weighted by molar-refractivity contribution is 7.93. The number of nitrogens with zero attached hydrogens (tertiary/aromatic N) is 1. The van der Waals surface area contributed by atoms with Gasteiger partial charge in [0.05, 0.1) is 5.57 Å². The van der Waals surface area contributed by atoms with Crippen LogP contribution in [0.3, 0.4) is 0 Å². The Hall–Kier alpha value is -1.76. The minimum absolute atomic E-state index is 0.0228. The molecule has 0 bridgehead atoms. The van der Waals surface area contributed by atoms with Gasteiger partial charge in [-0.05, 0) is 44.2 Å². The fraction of sp³-hybridized carbons (Fsp3) is 0.588. The summed E-state index contributed by atoms with van der Waals surface area (Å²) in [7, 11) is -3.79. The molecule has 1 aromatic heterocycles. The predicted octanol–water partition coefficient (Wildman–Crippen LogP) is 3.05. The first-order valence-electron chi connectivity index (χ1n) is 8.57. The highest BCUT2D eigenvalue weighted by atomic mass is 32.2. The standard InChI is InChI=1S/C17H26N2O4S/c1-2-3-4-5-9-14-10-8-13-19(14)18-24(22,23)16-12-7-6-11-15(16)17(20)21/h8,10-11,13,16,18H,2-7,9,12H2,1H3,(H,20,21). The van der Waals surface area contributed by atoms with E-state index in [-0.39, 0.29) is 5.57 Å². The van der Waals surface area contributed by atoms with Crippen molar-refractivity contribution in [1.29, 1.82) is 0 Å². The van der Waals surface area contributed by atoms with E-state index in [1.165, 1.54) is 17.2 Å². The van der Waals surface area contributed by atoms with Crippen molar-refractivity contribution in [3.63, 3.8) is 0 Å². The number of carboxylic acids is 1. The van der Waals surface area contributed by atoms with Crippen LogP contribution in [0.15, 0.2) is 30.0 Å². The second-order valence-electron chi connectivity index (χ2n) is 6.20. The topological polar surface area (TPSA) is 88.4 Å². The molecule has 1 aliphatic carbocycles. The molecule has 0 aliphatic heterocycles. The number of unbranched alkanes of at least 4 members (excludes halogenated alkanes) is 3. The maximum atomic E-state index is 12.7. The minimum atomic E-state index is -3.79. The van der Waals surface area contributed by atoms with Crippen LogP contribution in [-0.2, 0) is 21.2 Å². The van der Waals surface area contributed by atoms with E-state index in [1.807, 2.05) is 6.07 Å². The van der Waals surface area contributed by atoms with Crippen molar-refractivity contribution >= 4 is 16.0 Å². The van der Waals surface area contributed by atoms with Crippen molar-refractivity contribution in [3.8, 4) is 0 Å². The van der Waals surface area contributed by atoms with Gasteiger partial charge in [-0.2, -0.15) is 0 Å². The fourth-order valence-electron chi connectivity index (χ4n) is 3.04. The van der Waals surface area contributed by atoms with Gasteiger partial charge >= 0.3 is 5.97 Å². The zero-order valence-electron chi connectivity index (χ0n) is 14.1. The molecule has 0 aromatic carbocycles. The molecule has 0 spiro atoms. The zero-order valence-corrected chi connectivity index (χ0v) is 14.9. The summed E-state index contributed by atoms with van der Waals surface area (Å²) in [5, 5.41) is 8.25. The lowest BCUT2D eigenvalue weighted by Gasteiger charge is -2.23. The van der Waals surface area contributed by atoms with E-state index in [1.54, 1.807) is 12.3 Å². The largest absolute Gasteiger partial charge is 0.478 e. The average Bonchev–Trinajstić information content (AvgIpc) is 2.98. The lowest BCUT2D eigenvalue weighted by Crippen LogP contribution is -2.37. The molecular formula is C17H26N2O4S. The molecule has 1 atom stereocenters. The van der Waals surface area contributed by atoms with E-state index in [4.69, 9.17) is 0 Å². The number of hydrogen-bond donors (Lipinski definition) is 2. The Morgan fingerprint density at radius 1 is 1.38 bits per heavy atom. The van der Waals surface area contributed by atoms with E-state index in [2.05, 4.69) is 11.8 Å². The summed E-state index contributed by atoms with van der Waals surface area (Å²) in [6.45, 7) is 2.15. The van der Waals surface area contributed by atoms with Crippen LogP contribution in [0.25, 0.3) is 0 Å². The first-order chi connectivity index (χ1) is 11.5. The third-order valence-corrected chi connectivity index (χ3v) is 6.04. The second-order valence-corrected chi connectivity index (χ2v) is 8.04. The van der Waals surface area contributed by atoms with Crippen molar-refractivity contribution in [2.45, 2.75) is 63.5 Å². The fourth-order valence-corrected chi connectivity index (χ4v) is 4.63. The Kier molecular flexibility index (Phi) is 6.48. The quantitative estimate of drug-likeness (QED) is 0.667. The summed E-state index contributed by atoms with van der Waals surface area (Å²) in [4.78, 5) is 13.9. The summed E-state index contributed by atoms with van der Waals surface area (Å²) in [5.74, 6) is -1.16. The molecule has 1 aliphatic rings. The van der Waals surface area contributed by atoms with Crippen molar-refractivity contribution < 1.29 is 18.3 Å². The normalized spacial score (nSPS) is 18.2. The van der Waals surface area contributed by atoms with E-state index < -0.39 is 21.2 Å². The number of nitrogens with one attached hydrogen (secondary N) is 1. The van der Waals surface area contributed by atoms with Gasteiger partial charge in [0.1, 0.15) is 5.25 Å². The van der Waals surface area contributed by atoms with Crippen molar-refractivity contribution in [2.75, 3.05) is 4.83 Å². The van der Waals surface area contributed by atoms with Crippen LogP contribution in [0.1, 0.15) is 57.6 Å². The molecule has 0 amide bonds. The lowest BCUT2D eigenvalue weighted by atomic mass is 9.99. The van der Waals surface area contributed by atoms with Crippen molar-refractivity contribution in [2.24, 2.45) is 0 Å². The molecule has 6 nitrogen and oxygen atoms in total. The summed E-state index contributed by atoms with van der Waals surface area (Å²) < 4.78 is 26.8. The van der Waals surface area contributed by atoms with E-state index in [9.17, 15) is 18.3 Å². The third-order valence-electron chi connectivity index (χ3n) is 4.35. The van der Waals surface area contributed by atoms with E-state index >= 15 is 0 Å².